The highest BCUT2D eigenvalue weighted by Gasteiger charge is 2.72. The number of carbonyl (C=O) groups excluding carboxylic acids is 2. The molecule has 4 rings (SSSR count). The standard InChI is InChI=1S/C23H34BNO5/c1-4-17(2)13-18(3)24-25(14-22(26)29-24,15-23(27)30-24)20-11-8-12-21(20)28-16-19-9-6-5-7-10-19/h5-7,9-10,17-18,20-21H,4,8,11-16H2,1-3H3/t17-,18-,20?,21+,24?,25?/m1/s1. The third-order valence-corrected chi connectivity index (χ3v) is 7.74. The van der Waals surface area contributed by atoms with Crippen LogP contribution in [0.2, 0.25) is 5.82 Å². The highest BCUT2D eigenvalue weighted by molar-refractivity contribution is 6.67. The van der Waals surface area contributed by atoms with Gasteiger partial charge in [0, 0.05) is 0 Å². The first-order valence-electron chi connectivity index (χ1n) is 11.5. The molecule has 1 aromatic rings. The van der Waals surface area contributed by atoms with Crippen molar-refractivity contribution in [2.45, 2.75) is 77.4 Å². The largest absolute Gasteiger partial charge is 0.600 e. The lowest BCUT2D eigenvalue weighted by molar-refractivity contribution is -0.846. The molecule has 1 aliphatic carbocycles. The molecule has 0 radical (unpaired) electrons. The van der Waals surface area contributed by atoms with Gasteiger partial charge < -0.3 is 18.4 Å². The molecule has 2 aliphatic heterocycles. The summed E-state index contributed by atoms with van der Waals surface area (Å²) >= 11 is 0. The Balaban J connectivity index is 1.61. The molecular weight excluding hydrogens is 381 g/mol. The molecule has 3 aliphatic rings. The molecule has 3 fully saturated rings. The topological polar surface area (TPSA) is 61.8 Å². The number of hydrogen-bond donors (Lipinski definition) is 0. The Morgan fingerprint density at radius 3 is 2.40 bits per heavy atom. The highest BCUT2D eigenvalue weighted by Crippen LogP contribution is 2.50. The average molecular weight is 415 g/mol. The van der Waals surface area contributed by atoms with Gasteiger partial charge in [-0.25, -0.2) is 0 Å². The van der Waals surface area contributed by atoms with Crippen molar-refractivity contribution in [3.05, 3.63) is 35.9 Å². The quantitative estimate of drug-likeness (QED) is 0.604. The second-order valence-corrected chi connectivity index (χ2v) is 9.69. The molecule has 2 heterocycles. The third-order valence-electron chi connectivity index (χ3n) is 7.74. The number of ether oxygens (including phenoxy) is 1. The van der Waals surface area contributed by atoms with Crippen LogP contribution in [0.4, 0.5) is 0 Å². The molecule has 7 heteroatoms. The molecule has 6 nitrogen and oxygen atoms in total. The Hall–Kier alpha value is -1.86. The van der Waals surface area contributed by atoms with Gasteiger partial charge in [0.25, 0.3) is 0 Å². The zero-order valence-electron chi connectivity index (χ0n) is 18.4. The monoisotopic (exact) mass is 415 g/mol. The van der Waals surface area contributed by atoms with E-state index in [1.165, 1.54) is 0 Å². The normalized spacial score (nSPS) is 35.0. The van der Waals surface area contributed by atoms with Crippen LogP contribution in [0.5, 0.6) is 0 Å². The van der Waals surface area contributed by atoms with Crippen LogP contribution in [0, 0.1) is 5.92 Å². The van der Waals surface area contributed by atoms with Gasteiger partial charge >= 0.3 is 18.6 Å². The summed E-state index contributed by atoms with van der Waals surface area (Å²) in [6, 6.07) is 10.2. The van der Waals surface area contributed by atoms with E-state index in [0.717, 1.165) is 37.7 Å². The minimum atomic E-state index is -2.07. The minimum Gasteiger partial charge on any atom is -0.600 e. The molecule has 0 aromatic heterocycles. The van der Waals surface area contributed by atoms with Gasteiger partial charge in [-0.1, -0.05) is 63.9 Å². The summed E-state index contributed by atoms with van der Waals surface area (Å²) in [5, 5.41) is 0. The number of hydrogen-bond acceptors (Lipinski definition) is 5. The SMILES string of the molecule is CC[C@@H](C)C[C@@H](C)[B-]12OC(=O)C[N+]1(C1CCC[C@@H]1OCc1ccccc1)CC(=O)O2. The van der Waals surface area contributed by atoms with Crippen molar-refractivity contribution in [3.63, 3.8) is 0 Å². The first kappa shape index (κ1) is 21.4. The summed E-state index contributed by atoms with van der Waals surface area (Å²) in [6.45, 7) is 5.35. The van der Waals surface area contributed by atoms with Crippen LogP contribution in [-0.2, 0) is 30.2 Å². The Labute approximate surface area is 179 Å². The fraction of sp³-hybridized carbons (Fsp3) is 0.652. The van der Waals surface area contributed by atoms with Crippen molar-refractivity contribution < 1.29 is 28.0 Å². The van der Waals surface area contributed by atoms with Gasteiger partial charge in [-0.2, -0.15) is 0 Å². The highest BCUT2D eigenvalue weighted by atomic mass is 16.7. The number of nitrogens with zero attached hydrogens (tertiary/aromatic N) is 1. The lowest BCUT2D eigenvalue weighted by Crippen LogP contribution is -2.70. The average Bonchev–Trinajstić information content (AvgIpc) is 3.37. The smallest absolute Gasteiger partial charge is 0.587 e. The van der Waals surface area contributed by atoms with E-state index in [9.17, 15) is 9.59 Å². The number of carbonyl (C=O) groups is 2. The van der Waals surface area contributed by atoms with E-state index in [1.54, 1.807) is 0 Å². The summed E-state index contributed by atoms with van der Waals surface area (Å²) in [5.74, 6) is -0.0156. The summed E-state index contributed by atoms with van der Waals surface area (Å²) in [5.41, 5.74) is 1.13. The zero-order valence-corrected chi connectivity index (χ0v) is 18.4. The number of benzene rings is 1. The van der Waals surface area contributed by atoms with Crippen LogP contribution in [0.15, 0.2) is 30.3 Å². The molecule has 4 atom stereocenters. The van der Waals surface area contributed by atoms with Crippen molar-refractivity contribution in [1.82, 2.24) is 0 Å². The maximum atomic E-state index is 12.6. The molecule has 1 aromatic carbocycles. The predicted molar refractivity (Wildman–Crippen MR) is 114 cm³/mol. The van der Waals surface area contributed by atoms with E-state index in [2.05, 4.69) is 32.9 Å². The van der Waals surface area contributed by atoms with Crippen molar-refractivity contribution in [2.24, 2.45) is 5.92 Å². The first-order chi connectivity index (χ1) is 14.4. The van der Waals surface area contributed by atoms with Gasteiger partial charge in [0.05, 0.1) is 12.6 Å². The molecule has 0 amide bonds. The number of fused-ring (bicyclic) bond motifs is 1. The molecule has 0 bridgehead atoms. The number of quaternary nitrogens is 1. The van der Waals surface area contributed by atoms with Crippen molar-refractivity contribution in [3.8, 4) is 0 Å². The lowest BCUT2D eigenvalue weighted by atomic mass is 9.53. The van der Waals surface area contributed by atoms with Crippen LogP contribution in [0.1, 0.15) is 58.4 Å². The maximum absolute atomic E-state index is 12.6. The molecular formula is C23H34BNO5. The molecule has 0 N–H and O–H groups in total. The molecule has 30 heavy (non-hydrogen) atoms. The summed E-state index contributed by atoms with van der Waals surface area (Å²) in [4.78, 5) is 25.2. The third kappa shape index (κ3) is 3.56. The summed E-state index contributed by atoms with van der Waals surface area (Å²) in [6.07, 6.45) is 4.80. The molecule has 1 unspecified atom stereocenters. The number of rotatable bonds is 8. The van der Waals surface area contributed by atoms with E-state index in [4.69, 9.17) is 14.0 Å². The van der Waals surface area contributed by atoms with Crippen molar-refractivity contribution in [2.75, 3.05) is 13.1 Å². The fourth-order valence-electron chi connectivity index (χ4n) is 6.16. The maximum Gasteiger partial charge on any atom is 0.587 e. The zero-order chi connectivity index (χ0) is 21.4. The lowest BCUT2D eigenvalue weighted by Gasteiger charge is -2.52. The van der Waals surface area contributed by atoms with E-state index >= 15 is 0 Å². The molecule has 164 valence electrons. The van der Waals surface area contributed by atoms with E-state index in [0.29, 0.717) is 16.9 Å². The molecule has 0 spiro atoms. The van der Waals surface area contributed by atoms with Crippen molar-refractivity contribution >= 4 is 18.6 Å². The Morgan fingerprint density at radius 1 is 1.10 bits per heavy atom. The van der Waals surface area contributed by atoms with Crippen LogP contribution in [0.3, 0.4) is 0 Å². The van der Waals surface area contributed by atoms with E-state index < -0.39 is 6.69 Å². The van der Waals surface area contributed by atoms with Crippen LogP contribution < -0.4 is 0 Å². The van der Waals surface area contributed by atoms with E-state index in [-0.39, 0.29) is 43.0 Å². The first-order valence-corrected chi connectivity index (χ1v) is 11.5. The van der Waals surface area contributed by atoms with Crippen LogP contribution in [-0.4, -0.2) is 48.3 Å². The Morgan fingerprint density at radius 2 is 1.77 bits per heavy atom. The van der Waals surface area contributed by atoms with Crippen LogP contribution in [0.25, 0.3) is 0 Å². The Kier molecular flexibility index (Phi) is 5.95. The van der Waals surface area contributed by atoms with Gasteiger partial charge in [-0.05, 0) is 36.6 Å². The Bertz CT molecular complexity index is 765. The van der Waals surface area contributed by atoms with Gasteiger partial charge in [-0.15, -0.1) is 0 Å². The summed E-state index contributed by atoms with van der Waals surface area (Å²) < 4.78 is 18.6. The van der Waals surface area contributed by atoms with E-state index in [1.807, 2.05) is 18.2 Å². The minimum absolute atomic E-state index is 0.00627. The van der Waals surface area contributed by atoms with Gasteiger partial charge in [0.15, 0.2) is 0 Å². The summed E-state index contributed by atoms with van der Waals surface area (Å²) in [7, 11) is 0. The predicted octanol–water partition coefficient (Wildman–Crippen LogP) is 3.82. The van der Waals surface area contributed by atoms with Gasteiger partial charge in [0.1, 0.15) is 19.2 Å². The van der Waals surface area contributed by atoms with Gasteiger partial charge in [0.2, 0.25) is 0 Å². The van der Waals surface area contributed by atoms with Crippen LogP contribution >= 0.6 is 0 Å². The fourth-order valence-corrected chi connectivity index (χ4v) is 6.16. The molecule has 2 saturated heterocycles. The second-order valence-electron chi connectivity index (χ2n) is 9.69. The van der Waals surface area contributed by atoms with Gasteiger partial charge in [-0.3, -0.25) is 9.59 Å². The molecule has 1 saturated carbocycles. The second kappa shape index (κ2) is 8.35. The van der Waals surface area contributed by atoms with Crippen molar-refractivity contribution in [1.29, 1.82) is 0 Å².